The van der Waals surface area contributed by atoms with Crippen molar-refractivity contribution in [3.8, 4) is 0 Å². The summed E-state index contributed by atoms with van der Waals surface area (Å²) < 4.78 is 28.9. The fraction of sp³-hybridized carbons (Fsp3) is 0.355. The first-order valence-corrected chi connectivity index (χ1v) is 15.0. The van der Waals surface area contributed by atoms with Crippen molar-refractivity contribution in [2.24, 2.45) is 0 Å². The molecule has 1 saturated carbocycles. The Kier molecular flexibility index (Phi) is 9.41. The summed E-state index contributed by atoms with van der Waals surface area (Å²) in [6.45, 7) is 3.47. The van der Waals surface area contributed by atoms with Crippen molar-refractivity contribution < 1.29 is 18.0 Å². The molecule has 1 aliphatic carbocycles. The van der Waals surface area contributed by atoms with Gasteiger partial charge < -0.3 is 10.2 Å². The second-order valence-corrected chi connectivity index (χ2v) is 11.9. The summed E-state index contributed by atoms with van der Waals surface area (Å²) in [6, 6.07) is 24.1. The van der Waals surface area contributed by atoms with Gasteiger partial charge >= 0.3 is 0 Å². The SMILES string of the molecule is CC[C@@H](C(=O)NC1CCCC1)N(Cc1ccccc1)C(=O)CN(c1ccccc1C)S(=O)(=O)c1ccccc1. The Morgan fingerprint density at radius 1 is 0.897 bits per heavy atom. The average molecular weight is 548 g/mol. The molecule has 7 nitrogen and oxygen atoms in total. The third-order valence-electron chi connectivity index (χ3n) is 7.28. The van der Waals surface area contributed by atoms with Crippen molar-refractivity contribution in [3.63, 3.8) is 0 Å². The molecule has 0 aromatic heterocycles. The van der Waals surface area contributed by atoms with Gasteiger partial charge in [0, 0.05) is 12.6 Å². The molecule has 1 N–H and O–H groups in total. The van der Waals surface area contributed by atoms with Gasteiger partial charge in [0.05, 0.1) is 10.6 Å². The van der Waals surface area contributed by atoms with Crippen LogP contribution in [0.2, 0.25) is 0 Å². The van der Waals surface area contributed by atoms with Gasteiger partial charge in [0.25, 0.3) is 10.0 Å². The first-order valence-electron chi connectivity index (χ1n) is 13.6. The van der Waals surface area contributed by atoms with Gasteiger partial charge in [0.1, 0.15) is 12.6 Å². The number of rotatable bonds is 11. The van der Waals surface area contributed by atoms with E-state index in [1.54, 1.807) is 30.3 Å². The third-order valence-corrected chi connectivity index (χ3v) is 9.05. The molecule has 1 fully saturated rings. The van der Waals surface area contributed by atoms with Crippen molar-refractivity contribution in [2.75, 3.05) is 10.8 Å². The second-order valence-electron chi connectivity index (χ2n) is 10.0. The van der Waals surface area contributed by atoms with Gasteiger partial charge in [-0.25, -0.2) is 8.42 Å². The number of amides is 2. The van der Waals surface area contributed by atoms with Gasteiger partial charge in [-0.05, 0) is 55.5 Å². The number of benzene rings is 3. The van der Waals surface area contributed by atoms with E-state index in [1.807, 2.05) is 56.3 Å². The topological polar surface area (TPSA) is 86.8 Å². The van der Waals surface area contributed by atoms with Gasteiger partial charge in [0.15, 0.2) is 0 Å². The number of para-hydroxylation sites is 1. The first kappa shape index (κ1) is 28.4. The molecule has 206 valence electrons. The summed E-state index contributed by atoms with van der Waals surface area (Å²) in [4.78, 5) is 29.2. The van der Waals surface area contributed by atoms with E-state index in [4.69, 9.17) is 0 Å². The van der Waals surface area contributed by atoms with E-state index in [9.17, 15) is 18.0 Å². The third kappa shape index (κ3) is 6.87. The Bertz CT molecular complexity index is 1360. The minimum Gasteiger partial charge on any atom is -0.352 e. The second kappa shape index (κ2) is 12.9. The largest absolute Gasteiger partial charge is 0.352 e. The lowest BCUT2D eigenvalue weighted by Gasteiger charge is -2.34. The lowest BCUT2D eigenvalue weighted by Crippen LogP contribution is -2.53. The van der Waals surface area contributed by atoms with Gasteiger partial charge in [-0.1, -0.05) is 86.5 Å². The zero-order valence-corrected chi connectivity index (χ0v) is 23.4. The Hall–Kier alpha value is -3.65. The number of nitrogens with zero attached hydrogens (tertiary/aromatic N) is 2. The molecule has 0 heterocycles. The minimum absolute atomic E-state index is 0.0988. The molecule has 39 heavy (non-hydrogen) atoms. The van der Waals surface area contributed by atoms with Crippen molar-refractivity contribution in [3.05, 3.63) is 96.1 Å². The summed E-state index contributed by atoms with van der Waals surface area (Å²) in [5.41, 5.74) is 2.02. The number of carbonyl (C=O) groups is 2. The lowest BCUT2D eigenvalue weighted by atomic mass is 10.1. The molecule has 3 aromatic carbocycles. The summed E-state index contributed by atoms with van der Waals surface area (Å²) >= 11 is 0. The van der Waals surface area contributed by atoms with Crippen LogP contribution in [0.25, 0.3) is 0 Å². The fourth-order valence-corrected chi connectivity index (χ4v) is 6.64. The molecule has 4 rings (SSSR count). The number of hydrogen-bond acceptors (Lipinski definition) is 4. The summed E-state index contributed by atoms with van der Waals surface area (Å²) in [5, 5.41) is 3.14. The number of carbonyl (C=O) groups excluding carboxylic acids is 2. The maximum Gasteiger partial charge on any atom is 0.264 e. The number of aryl methyl sites for hydroxylation is 1. The van der Waals surface area contributed by atoms with Crippen LogP contribution < -0.4 is 9.62 Å². The van der Waals surface area contributed by atoms with Crippen molar-refractivity contribution >= 4 is 27.5 Å². The average Bonchev–Trinajstić information content (AvgIpc) is 3.46. The molecular weight excluding hydrogens is 510 g/mol. The van der Waals surface area contributed by atoms with Crippen molar-refractivity contribution in [1.29, 1.82) is 0 Å². The van der Waals surface area contributed by atoms with Crippen LogP contribution in [0, 0.1) is 6.92 Å². The highest BCUT2D eigenvalue weighted by Crippen LogP contribution is 2.27. The lowest BCUT2D eigenvalue weighted by molar-refractivity contribution is -0.140. The van der Waals surface area contributed by atoms with E-state index in [-0.39, 0.29) is 23.4 Å². The molecule has 0 spiro atoms. The van der Waals surface area contributed by atoms with Crippen LogP contribution in [-0.2, 0) is 26.2 Å². The first-order chi connectivity index (χ1) is 18.8. The van der Waals surface area contributed by atoms with Crippen molar-refractivity contribution in [2.45, 2.75) is 69.5 Å². The summed E-state index contributed by atoms with van der Waals surface area (Å²) in [6.07, 6.45) is 4.44. The van der Waals surface area contributed by atoms with Crippen LogP contribution >= 0.6 is 0 Å². The highest BCUT2D eigenvalue weighted by Gasteiger charge is 2.34. The van der Waals surface area contributed by atoms with Gasteiger partial charge in [0.2, 0.25) is 11.8 Å². The van der Waals surface area contributed by atoms with Gasteiger partial charge in [-0.2, -0.15) is 0 Å². The molecule has 0 bridgehead atoms. The van der Waals surface area contributed by atoms with Crippen LogP contribution in [0.1, 0.15) is 50.2 Å². The maximum absolute atomic E-state index is 14.1. The smallest absolute Gasteiger partial charge is 0.264 e. The standard InChI is InChI=1S/C31H37N3O4S/c1-3-28(31(36)32-26-17-11-12-18-26)33(22-25-15-6-4-7-16-25)30(35)23-34(29-21-13-10-14-24(29)2)39(37,38)27-19-8-5-9-20-27/h4-10,13-16,19-21,26,28H,3,11-12,17-18,22-23H2,1-2H3,(H,32,36)/t28-/m0/s1. The highest BCUT2D eigenvalue weighted by atomic mass is 32.2. The Balaban J connectivity index is 1.70. The Morgan fingerprint density at radius 2 is 1.49 bits per heavy atom. The number of nitrogens with one attached hydrogen (secondary N) is 1. The molecular formula is C31H37N3O4S. The predicted octanol–water partition coefficient (Wildman–Crippen LogP) is 5.06. The van der Waals surface area contributed by atoms with Crippen LogP contribution in [-0.4, -0.2) is 43.8 Å². The monoisotopic (exact) mass is 547 g/mol. The van der Waals surface area contributed by atoms with E-state index < -0.39 is 28.5 Å². The normalized spacial score (nSPS) is 14.5. The number of anilines is 1. The molecule has 1 aliphatic rings. The number of sulfonamides is 1. The molecule has 0 saturated heterocycles. The van der Waals surface area contributed by atoms with Gasteiger partial charge in [-0.3, -0.25) is 13.9 Å². The fourth-order valence-electron chi connectivity index (χ4n) is 5.14. The molecule has 3 aromatic rings. The van der Waals surface area contributed by atoms with Crippen LogP contribution in [0.5, 0.6) is 0 Å². The molecule has 8 heteroatoms. The zero-order valence-electron chi connectivity index (χ0n) is 22.6. The van der Waals surface area contributed by atoms with Crippen molar-refractivity contribution in [1.82, 2.24) is 10.2 Å². The molecule has 1 atom stereocenters. The zero-order chi connectivity index (χ0) is 27.8. The molecule has 0 radical (unpaired) electrons. The van der Waals surface area contributed by atoms with E-state index >= 15 is 0 Å². The quantitative estimate of drug-likeness (QED) is 0.364. The van der Waals surface area contributed by atoms with E-state index in [0.29, 0.717) is 12.1 Å². The van der Waals surface area contributed by atoms with Gasteiger partial charge in [-0.15, -0.1) is 0 Å². The highest BCUT2D eigenvalue weighted by molar-refractivity contribution is 7.92. The van der Waals surface area contributed by atoms with E-state index in [1.165, 1.54) is 21.3 Å². The molecule has 0 aliphatic heterocycles. The predicted molar refractivity (Wildman–Crippen MR) is 154 cm³/mol. The van der Waals surface area contributed by atoms with Crippen LogP contribution in [0.3, 0.4) is 0 Å². The Labute approximate surface area is 231 Å². The minimum atomic E-state index is -4.06. The Morgan fingerprint density at radius 3 is 2.10 bits per heavy atom. The number of hydrogen-bond donors (Lipinski definition) is 1. The van der Waals surface area contributed by atoms with E-state index in [0.717, 1.165) is 36.8 Å². The van der Waals surface area contributed by atoms with Crippen LogP contribution in [0.15, 0.2) is 89.8 Å². The molecule has 2 amide bonds. The summed E-state index contributed by atoms with van der Waals surface area (Å²) in [5.74, 6) is -0.628. The van der Waals surface area contributed by atoms with E-state index in [2.05, 4.69) is 5.32 Å². The molecule has 0 unspecified atom stereocenters. The van der Waals surface area contributed by atoms with Crippen LogP contribution in [0.4, 0.5) is 5.69 Å². The summed E-state index contributed by atoms with van der Waals surface area (Å²) in [7, 11) is -4.06. The maximum atomic E-state index is 14.1.